The van der Waals surface area contributed by atoms with E-state index in [-0.39, 0.29) is 5.97 Å². The van der Waals surface area contributed by atoms with Crippen LogP contribution >= 0.6 is 15.9 Å². The molecule has 2 aliphatic heterocycles. The normalized spacial score (nSPS) is 18.8. The van der Waals surface area contributed by atoms with Crippen LogP contribution in [-0.4, -0.2) is 20.1 Å². The molecule has 0 bridgehead atoms. The largest absolute Gasteiger partial charge is 0.456 e. The van der Waals surface area contributed by atoms with E-state index in [0.29, 0.717) is 17.1 Å². The Morgan fingerprint density at radius 3 is 2.46 bits per heavy atom. The van der Waals surface area contributed by atoms with Crippen molar-refractivity contribution in [1.29, 1.82) is 0 Å². The Balaban J connectivity index is 1.87. The molecule has 28 heavy (non-hydrogen) atoms. The van der Waals surface area contributed by atoms with Crippen LogP contribution in [0.4, 0.5) is 5.69 Å². The van der Waals surface area contributed by atoms with Gasteiger partial charge in [-0.15, -0.1) is 0 Å². The van der Waals surface area contributed by atoms with Crippen molar-refractivity contribution >= 4 is 27.6 Å². The van der Waals surface area contributed by atoms with E-state index in [4.69, 9.17) is 9.47 Å². The number of anilines is 1. The molecule has 3 aromatic carbocycles. The number of carbonyl (C=O) groups excluding carboxylic acids is 1. The van der Waals surface area contributed by atoms with E-state index in [9.17, 15) is 4.79 Å². The first-order valence-electron chi connectivity index (χ1n) is 9.04. The molecule has 0 saturated heterocycles. The van der Waals surface area contributed by atoms with Crippen LogP contribution in [-0.2, 0) is 10.3 Å². The SMILES string of the molecule is Cc1ccc2c(c1)C(=O)OC21c2ccc(N(C)C)cc2Oc2ccc(Br)cc21. The van der Waals surface area contributed by atoms with Crippen LogP contribution < -0.4 is 9.64 Å². The average Bonchev–Trinajstić information content (AvgIpc) is 2.95. The van der Waals surface area contributed by atoms with Crippen LogP contribution in [0.25, 0.3) is 0 Å². The molecular formula is C23H18BrNO3. The summed E-state index contributed by atoms with van der Waals surface area (Å²) in [5, 5.41) is 0. The fourth-order valence-corrected chi connectivity index (χ4v) is 4.44. The molecule has 1 atom stereocenters. The van der Waals surface area contributed by atoms with Gasteiger partial charge >= 0.3 is 5.97 Å². The number of hydrogen-bond acceptors (Lipinski definition) is 4. The molecule has 140 valence electrons. The molecular weight excluding hydrogens is 418 g/mol. The molecule has 1 spiro atoms. The Morgan fingerprint density at radius 1 is 0.893 bits per heavy atom. The minimum Gasteiger partial charge on any atom is -0.456 e. The molecule has 0 radical (unpaired) electrons. The van der Waals surface area contributed by atoms with Gasteiger partial charge in [-0.2, -0.15) is 0 Å². The molecule has 0 saturated carbocycles. The molecule has 0 amide bonds. The van der Waals surface area contributed by atoms with Crippen molar-refractivity contribution in [2.24, 2.45) is 0 Å². The van der Waals surface area contributed by atoms with E-state index >= 15 is 0 Å². The molecule has 0 N–H and O–H groups in total. The number of rotatable bonds is 1. The van der Waals surface area contributed by atoms with Crippen molar-refractivity contribution < 1.29 is 14.3 Å². The lowest BCUT2D eigenvalue weighted by Gasteiger charge is -2.37. The highest BCUT2D eigenvalue weighted by molar-refractivity contribution is 9.10. The fraction of sp³-hybridized carbons (Fsp3) is 0.174. The van der Waals surface area contributed by atoms with Crippen molar-refractivity contribution in [2.75, 3.05) is 19.0 Å². The number of halogens is 1. The summed E-state index contributed by atoms with van der Waals surface area (Å²) < 4.78 is 13.3. The lowest BCUT2D eigenvalue weighted by molar-refractivity contribution is 0.0224. The Morgan fingerprint density at radius 2 is 1.68 bits per heavy atom. The average molecular weight is 436 g/mol. The minimum absolute atomic E-state index is 0.311. The van der Waals surface area contributed by atoms with Gasteiger partial charge < -0.3 is 14.4 Å². The lowest BCUT2D eigenvalue weighted by atomic mass is 9.77. The molecule has 5 heteroatoms. The predicted octanol–water partition coefficient (Wildman–Crippen LogP) is 5.39. The van der Waals surface area contributed by atoms with E-state index in [1.54, 1.807) is 0 Å². The van der Waals surface area contributed by atoms with Crippen LogP contribution in [0.15, 0.2) is 59.1 Å². The van der Waals surface area contributed by atoms with Gasteiger partial charge in [0.1, 0.15) is 11.5 Å². The summed E-state index contributed by atoms with van der Waals surface area (Å²) >= 11 is 3.56. The lowest BCUT2D eigenvalue weighted by Crippen LogP contribution is -2.33. The van der Waals surface area contributed by atoms with E-state index in [0.717, 1.165) is 32.4 Å². The summed E-state index contributed by atoms with van der Waals surface area (Å²) in [5.74, 6) is 1.07. The Labute approximate surface area is 171 Å². The van der Waals surface area contributed by atoms with Crippen molar-refractivity contribution in [3.8, 4) is 11.5 Å². The maximum absolute atomic E-state index is 12.9. The predicted molar refractivity (Wildman–Crippen MR) is 111 cm³/mol. The molecule has 0 fully saturated rings. The number of ether oxygens (including phenoxy) is 2. The summed E-state index contributed by atoms with van der Waals surface area (Å²) in [4.78, 5) is 14.9. The highest BCUT2D eigenvalue weighted by atomic mass is 79.9. The summed E-state index contributed by atoms with van der Waals surface area (Å²) in [6.45, 7) is 1.98. The van der Waals surface area contributed by atoms with Crippen molar-refractivity contribution in [1.82, 2.24) is 0 Å². The minimum atomic E-state index is -1.02. The monoisotopic (exact) mass is 435 g/mol. The second kappa shape index (κ2) is 5.85. The van der Waals surface area contributed by atoms with Gasteiger partial charge in [-0.05, 0) is 43.3 Å². The Kier molecular flexibility index (Phi) is 3.62. The number of nitrogens with zero attached hydrogens (tertiary/aromatic N) is 1. The van der Waals surface area contributed by atoms with Gasteiger partial charge in [-0.25, -0.2) is 4.79 Å². The third-order valence-electron chi connectivity index (χ3n) is 5.42. The first kappa shape index (κ1) is 17.3. The Hall–Kier alpha value is -2.79. The van der Waals surface area contributed by atoms with Crippen LogP contribution in [0.5, 0.6) is 11.5 Å². The molecule has 4 nitrogen and oxygen atoms in total. The van der Waals surface area contributed by atoms with Crippen molar-refractivity contribution in [2.45, 2.75) is 12.5 Å². The molecule has 2 heterocycles. The summed E-state index contributed by atoms with van der Waals surface area (Å²) in [6.07, 6.45) is 0. The summed E-state index contributed by atoms with van der Waals surface area (Å²) in [7, 11) is 3.97. The number of fused-ring (bicyclic) bond motifs is 6. The Bertz CT molecular complexity index is 1150. The molecule has 3 aromatic rings. The molecule has 5 rings (SSSR count). The smallest absolute Gasteiger partial charge is 0.340 e. The third-order valence-corrected chi connectivity index (χ3v) is 5.92. The maximum atomic E-state index is 12.9. The van der Waals surface area contributed by atoms with E-state index in [1.807, 2.05) is 80.5 Å². The standard InChI is InChI=1S/C23H18BrNO3/c1-13-4-7-17-16(10-13)22(26)28-23(17)18-8-6-15(25(2)3)12-21(18)27-20-9-5-14(24)11-19(20)23/h4-12H,1-3H3. The molecule has 2 aliphatic rings. The van der Waals surface area contributed by atoms with E-state index in [2.05, 4.69) is 15.9 Å². The zero-order valence-electron chi connectivity index (χ0n) is 15.7. The van der Waals surface area contributed by atoms with Gasteiger partial charge in [0.15, 0.2) is 5.60 Å². The van der Waals surface area contributed by atoms with Gasteiger partial charge in [0, 0.05) is 47.0 Å². The van der Waals surface area contributed by atoms with Crippen molar-refractivity contribution in [3.05, 3.63) is 86.9 Å². The van der Waals surface area contributed by atoms with E-state index in [1.165, 1.54) is 0 Å². The van der Waals surface area contributed by atoms with Crippen LogP contribution in [0, 0.1) is 6.92 Å². The quantitative estimate of drug-likeness (QED) is 0.480. The second-order valence-electron chi connectivity index (χ2n) is 7.44. The summed E-state index contributed by atoms with van der Waals surface area (Å²) in [6, 6.07) is 17.7. The molecule has 1 unspecified atom stereocenters. The van der Waals surface area contributed by atoms with Gasteiger partial charge in [0.05, 0.1) is 5.56 Å². The highest BCUT2D eigenvalue weighted by Crippen LogP contribution is 2.56. The first-order valence-corrected chi connectivity index (χ1v) is 9.83. The zero-order valence-corrected chi connectivity index (χ0v) is 17.3. The third kappa shape index (κ3) is 2.26. The van der Waals surface area contributed by atoms with Crippen LogP contribution in [0.3, 0.4) is 0 Å². The maximum Gasteiger partial charge on any atom is 0.340 e. The topological polar surface area (TPSA) is 38.8 Å². The number of hydrogen-bond donors (Lipinski definition) is 0. The summed E-state index contributed by atoms with van der Waals surface area (Å²) in [5.41, 5.74) is 4.14. The van der Waals surface area contributed by atoms with Crippen LogP contribution in [0.1, 0.15) is 32.6 Å². The van der Waals surface area contributed by atoms with Crippen LogP contribution in [0.2, 0.25) is 0 Å². The van der Waals surface area contributed by atoms with Gasteiger partial charge in [0.25, 0.3) is 0 Å². The van der Waals surface area contributed by atoms with E-state index < -0.39 is 5.60 Å². The number of carbonyl (C=O) groups is 1. The highest BCUT2D eigenvalue weighted by Gasteiger charge is 2.53. The van der Waals surface area contributed by atoms with Gasteiger partial charge in [0.2, 0.25) is 0 Å². The molecule has 0 aromatic heterocycles. The van der Waals surface area contributed by atoms with Crippen molar-refractivity contribution in [3.63, 3.8) is 0 Å². The van der Waals surface area contributed by atoms with Gasteiger partial charge in [-0.1, -0.05) is 33.6 Å². The number of benzene rings is 3. The fourth-order valence-electron chi connectivity index (χ4n) is 4.08. The first-order chi connectivity index (χ1) is 13.4. The van der Waals surface area contributed by atoms with Gasteiger partial charge in [-0.3, -0.25) is 0 Å². The zero-order chi connectivity index (χ0) is 19.6. The number of esters is 1. The number of aryl methyl sites for hydroxylation is 1. The second-order valence-corrected chi connectivity index (χ2v) is 8.35. The molecule has 0 aliphatic carbocycles.